The summed E-state index contributed by atoms with van der Waals surface area (Å²) in [6.07, 6.45) is 8.62. The quantitative estimate of drug-likeness (QED) is 0.405. The minimum atomic E-state index is -0.954. The van der Waals surface area contributed by atoms with Crippen LogP contribution in [-0.2, 0) is 12.0 Å². The van der Waals surface area contributed by atoms with Crippen LogP contribution in [0, 0.1) is 5.82 Å². The average molecular weight is 504 g/mol. The Labute approximate surface area is 214 Å². The van der Waals surface area contributed by atoms with E-state index >= 15 is 0 Å². The van der Waals surface area contributed by atoms with Gasteiger partial charge >= 0.3 is 0 Å². The van der Waals surface area contributed by atoms with Gasteiger partial charge in [0.15, 0.2) is 11.5 Å². The first-order chi connectivity index (χ1) is 17.9. The number of aryl methyl sites for hydroxylation is 1. The minimum Gasteiger partial charge on any atom is -0.474 e. The number of anilines is 2. The van der Waals surface area contributed by atoms with Crippen molar-refractivity contribution in [3.05, 3.63) is 59.9 Å². The van der Waals surface area contributed by atoms with E-state index in [0.29, 0.717) is 52.9 Å². The molecule has 0 spiro atoms. The molecule has 1 atom stereocenters. The number of halogens is 1. The molecule has 0 radical (unpaired) electrons. The van der Waals surface area contributed by atoms with Crippen LogP contribution in [0.2, 0.25) is 0 Å². The van der Waals surface area contributed by atoms with Crippen molar-refractivity contribution in [2.45, 2.75) is 50.7 Å². The molecule has 4 aromatic heterocycles. The summed E-state index contributed by atoms with van der Waals surface area (Å²) in [5.74, 6) is 0.959. The fraction of sp³-hybridized carbons (Fsp3) is 0.407. The Morgan fingerprint density at radius 2 is 1.97 bits per heavy atom. The molecule has 0 amide bonds. The van der Waals surface area contributed by atoms with E-state index in [1.807, 2.05) is 31.2 Å². The number of rotatable bonds is 6. The average Bonchev–Trinajstić information content (AvgIpc) is 3.43. The Kier molecular flexibility index (Phi) is 6.00. The molecule has 9 nitrogen and oxygen atoms in total. The van der Waals surface area contributed by atoms with Gasteiger partial charge in [-0.05, 0) is 56.8 Å². The smallest absolute Gasteiger partial charge is 0.229 e. The Balaban J connectivity index is 1.24. The summed E-state index contributed by atoms with van der Waals surface area (Å²) in [6.45, 7) is 3.99. The van der Waals surface area contributed by atoms with Crippen molar-refractivity contribution in [2.24, 2.45) is 0 Å². The number of aromatic nitrogens is 5. The van der Waals surface area contributed by atoms with E-state index < -0.39 is 11.4 Å². The van der Waals surface area contributed by atoms with Gasteiger partial charge in [0.1, 0.15) is 17.5 Å². The van der Waals surface area contributed by atoms with Gasteiger partial charge in [0, 0.05) is 31.5 Å². The molecule has 0 unspecified atom stereocenters. The number of aliphatic hydroxyl groups is 1. The molecule has 37 heavy (non-hydrogen) atoms. The van der Waals surface area contributed by atoms with Crippen LogP contribution < -0.4 is 10.1 Å². The number of pyridine rings is 2. The standard InChI is InChI=1S/C27H30FN7O2/c1-3-27(36)11-8-17-4-6-22(32-24(17)27)35-16-21(28)20-15-30-26(33-25(20)35)31-18-5-7-23(29-14-18)37-19-9-12-34(2)13-10-19/h4-7,14-16,19,36H,3,8-13H2,1-2H3,(H,30,31,33)/t27-/m1/s1. The first-order valence-corrected chi connectivity index (χ1v) is 12.8. The third-order valence-corrected chi connectivity index (χ3v) is 7.49. The monoisotopic (exact) mass is 503 g/mol. The summed E-state index contributed by atoms with van der Waals surface area (Å²) in [5, 5.41) is 14.4. The van der Waals surface area contributed by atoms with Crippen LogP contribution in [0.25, 0.3) is 16.9 Å². The molecule has 1 aliphatic heterocycles. The van der Waals surface area contributed by atoms with Crippen molar-refractivity contribution in [1.82, 2.24) is 29.4 Å². The Hall–Kier alpha value is -3.63. The van der Waals surface area contributed by atoms with E-state index in [1.54, 1.807) is 10.8 Å². The molecule has 2 N–H and O–H groups in total. The van der Waals surface area contributed by atoms with Gasteiger partial charge in [-0.25, -0.2) is 19.3 Å². The summed E-state index contributed by atoms with van der Waals surface area (Å²) in [7, 11) is 2.12. The summed E-state index contributed by atoms with van der Waals surface area (Å²) < 4.78 is 22.4. The molecule has 2 aliphatic rings. The molecule has 0 bridgehead atoms. The maximum atomic E-state index is 14.8. The summed E-state index contributed by atoms with van der Waals surface area (Å²) in [4.78, 5) is 20.3. The van der Waals surface area contributed by atoms with E-state index in [1.165, 1.54) is 12.4 Å². The molecule has 0 aromatic carbocycles. The molecule has 1 aliphatic carbocycles. The third kappa shape index (κ3) is 4.51. The second-order valence-corrected chi connectivity index (χ2v) is 9.97. The molecule has 192 valence electrons. The Morgan fingerprint density at radius 1 is 1.14 bits per heavy atom. The molecule has 1 saturated heterocycles. The van der Waals surface area contributed by atoms with Gasteiger partial charge in [0.2, 0.25) is 11.8 Å². The number of likely N-dealkylation sites (tertiary alicyclic amines) is 1. The van der Waals surface area contributed by atoms with E-state index in [9.17, 15) is 9.50 Å². The molecule has 10 heteroatoms. The first-order valence-electron chi connectivity index (χ1n) is 12.8. The topological polar surface area (TPSA) is 101 Å². The van der Waals surface area contributed by atoms with Crippen LogP contribution in [0.4, 0.5) is 16.0 Å². The Morgan fingerprint density at radius 3 is 2.73 bits per heavy atom. The van der Waals surface area contributed by atoms with Crippen molar-refractivity contribution in [3.8, 4) is 11.7 Å². The van der Waals surface area contributed by atoms with Crippen molar-refractivity contribution in [2.75, 3.05) is 25.5 Å². The number of hydrogen-bond donors (Lipinski definition) is 2. The van der Waals surface area contributed by atoms with Crippen LogP contribution in [0.5, 0.6) is 5.88 Å². The molecule has 0 saturated carbocycles. The van der Waals surface area contributed by atoms with Crippen LogP contribution in [-0.4, -0.2) is 60.8 Å². The first kappa shape index (κ1) is 23.7. The third-order valence-electron chi connectivity index (χ3n) is 7.49. The summed E-state index contributed by atoms with van der Waals surface area (Å²) in [5.41, 5.74) is 1.81. The van der Waals surface area contributed by atoms with Gasteiger partial charge in [-0.15, -0.1) is 0 Å². The molecule has 1 fully saturated rings. The highest BCUT2D eigenvalue weighted by Crippen LogP contribution is 2.38. The van der Waals surface area contributed by atoms with Gasteiger partial charge in [0.25, 0.3) is 0 Å². The number of nitrogens with one attached hydrogen (secondary N) is 1. The zero-order chi connectivity index (χ0) is 25.6. The van der Waals surface area contributed by atoms with Crippen LogP contribution in [0.1, 0.15) is 43.9 Å². The normalized spacial score (nSPS) is 20.3. The lowest BCUT2D eigenvalue weighted by Gasteiger charge is -2.28. The van der Waals surface area contributed by atoms with Gasteiger partial charge in [-0.1, -0.05) is 13.0 Å². The summed E-state index contributed by atoms with van der Waals surface area (Å²) in [6, 6.07) is 7.47. The number of piperidine rings is 1. The molecule has 4 aromatic rings. The van der Waals surface area contributed by atoms with Crippen LogP contribution in [0.3, 0.4) is 0 Å². The van der Waals surface area contributed by atoms with Crippen LogP contribution >= 0.6 is 0 Å². The highest BCUT2D eigenvalue weighted by atomic mass is 19.1. The lowest BCUT2D eigenvalue weighted by Crippen LogP contribution is -2.35. The van der Waals surface area contributed by atoms with E-state index in [2.05, 4.69) is 32.2 Å². The zero-order valence-electron chi connectivity index (χ0n) is 21.0. The van der Waals surface area contributed by atoms with Gasteiger partial charge in [0.05, 0.1) is 23.0 Å². The molecule has 5 heterocycles. The molecular weight excluding hydrogens is 473 g/mol. The SMILES string of the molecule is CC[C@@]1(O)CCc2ccc(-n3cc(F)c4cnc(Nc5ccc(OC6CCN(C)CC6)nc5)nc43)nc21. The number of nitrogens with zero attached hydrogens (tertiary/aromatic N) is 6. The van der Waals surface area contributed by atoms with Crippen molar-refractivity contribution in [3.63, 3.8) is 0 Å². The lowest BCUT2D eigenvalue weighted by atomic mass is 9.98. The maximum Gasteiger partial charge on any atom is 0.229 e. The van der Waals surface area contributed by atoms with Gasteiger partial charge in [-0.2, -0.15) is 4.98 Å². The van der Waals surface area contributed by atoms with Gasteiger partial charge in [-0.3, -0.25) is 4.57 Å². The van der Waals surface area contributed by atoms with E-state index in [0.717, 1.165) is 37.9 Å². The lowest BCUT2D eigenvalue weighted by molar-refractivity contribution is 0.0306. The highest BCUT2D eigenvalue weighted by molar-refractivity contribution is 5.79. The summed E-state index contributed by atoms with van der Waals surface area (Å²) >= 11 is 0. The zero-order valence-corrected chi connectivity index (χ0v) is 21.0. The van der Waals surface area contributed by atoms with Crippen molar-refractivity contribution in [1.29, 1.82) is 0 Å². The number of ether oxygens (including phenoxy) is 1. The second-order valence-electron chi connectivity index (χ2n) is 9.97. The van der Waals surface area contributed by atoms with E-state index in [4.69, 9.17) is 9.72 Å². The van der Waals surface area contributed by atoms with Crippen molar-refractivity contribution >= 4 is 22.7 Å². The predicted octanol–water partition coefficient (Wildman–Crippen LogP) is 4.11. The fourth-order valence-corrected chi connectivity index (χ4v) is 5.15. The van der Waals surface area contributed by atoms with Crippen LogP contribution in [0.15, 0.2) is 42.9 Å². The largest absolute Gasteiger partial charge is 0.474 e. The number of fused-ring (bicyclic) bond motifs is 2. The minimum absolute atomic E-state index is 0.178. The predicted molar refractivity (Wildman–Crippen MR) is 138 cm³/mol. The van der Waals surface area contributed by atoms with Crippen molar-refractivity contribution < 1.29 is 14.2 Å². The molecule has 6 rings (SSSR count). The number of hydrogen-bond acceptors (Lipinski definition) is 8. The maximum absolute atomic E-state index is 14.8. The fourth-order valence-electron chi connectivity index (χ4n) is 5.15. The van der Waals surface area contributed by atoms with E-state index in [-0.39, 0.29) is 6.10 Å². The second kappa shape index (κ2) is 9.35. The molecular formula is C27H30FN7O2. The van der Waals surface area contributed by atoms with Gasteiger partial charge < -0.3 is 20.1 Å². The Bertz CT molecular complexity index is 1430. The highest BCUT2D eigenvalue weighted by Gasteiger charge is 2.37.